The Labute approximate surface area is 114 Å². The maximum atomic E-state index is 8.64. The van der Waals surface area contributed by atoms with E-state index in [0.29, 0.717) is 39.6 Å². The molecule has 1 fully saturated rings. The molecule has 0 aromatic rings. The van der Waals surface area contributed by atoms with Crippen LogP contribution in [0.4, 0.5) is 0 Å². The summed E-state index contributed by atoms with van der Waals surface area (Å²) in [5.41, 5.74) is 0.879. The van der Waals surface area contributed by atoms with Crippen molar-refractivity contribution in [3.63, 3.8) is 0 Å². The van der Waals surface area contributed by atoms with E-state index in [0.717, 1.165) is 31.4 Å². The van der Waals surface area contributed by atoms with Crippen molar-refractivity contribution < 1.29 is 24.2 Å². The van der Waals surface area contributed by atoms with E-state index in [1.54, 1.807) is 7.11 Å². The minimum atomic E-state index is 0.270. The SMILES string of the molecule is COCCOCCOCCOC1CCC(=NO)CC1. The van der Waals surface area contributed by atoms with Gasteiger partial charge in [0.1, 0.15) is 0 Å². The van der Waals surface area contributed by atoms with Crippen LogP contribution in [0, 0.1) is 0 Å². The van der Waals surface area contributed by atoms with Crippen LogP contribution < -0.4 is 0 Å². The van der Waals surface area contributed by atoms with Crippen molar-refractivity contribution in [3.8, 4) is 0 Å². The molecule has 0 unspecified atom stereocenters. The molecule has 0 radical (unpaired) electrons. The van der Waals surface area contributed by atoms with Gasteiger partial charge in [-0.1, -0.05) is 5.16 Å². The highest BCUT2D eigenvalue weighted by atomic mass is 16.6. The molecule has 6 heteroatoms. The Morgan fingerprint density at radius 1 is 1.00 bits per heavy atom. The second kappa shape index (κ2) is 11.2. The van der Waals surface area contributed by atoms with Crippen molar-refractivity contribution in [2.45, 2.75) is 31.8 Å². The van der Waals surface area contributed by atoms with E-state index < -0.39 is 0 Å². The molecule has 0 aromatic heterocycles. The fourth-order valence-corrected chi connectivity index (χ4v) is 1.93. The summed E-state index contributed by atoms with van der Waals surface area (Å²) in [5, 5.41) is 11.9. The van der Waals surface area contributed by atoms with E-state index in [-0.39, 0.29) is 6.10 Å². The average Bonchev–Trinajstić information content (AvgIpc) is 2.46. The maximum absolute atomic E-state index is 8.64. The van der Waals surface area contributed by atoms with Crippen LogP contribution in [0.1, 0.15) is 25.7 Å². The first kappa shape index (κ1) is 16.4. The number of oxime groups is 1. The topological polar surface area (TPSA) is 69.5 Å². The molecule has 1 N–H and O–H groups in total. The molecule has 0 amide bonds. The summed E-state index contributed by atoms with van der Waals surface area (Å²) < 4.78 is 21.2. The third kappa shape index (κ3) is 8.15. The average molecular weight is 275 g/mol. The summed E-state index contributed by atoms with van der Waals surface area (Å²) in [6.07, 6.45) is 3.79. The van der Waals surface area contributed by atoms with Gasteiger partial charge in [-0.3, -0.25) is 0 Å². The number of methoxy groups -OCH3 is 1. The summed E-state index contributed by atoms with van der Waals surface area (Å²) in [6.45, 7) is 3.58. The van der Waals surface area contributed by atoms with Gasteiger partial charge in [0.25, 0.3) is 0 Å². The van der Waals surface area contributed by atoms with Gasteiger partial charge in [-0.05, 0) is 25.7 Å². The second-order valence-corrected chi connectivity index (χ2v) is 4.45. The fourth-order valence-electron chi connectivity index (χ4n) is 1.93. The minimum absolute atomic E-state index is 0.270. The number of hydrogen-bond donors (Lipinski definition) is 1. The van der Waals surface area contributed by atoms with E-state index >= 15 is 0 Å². The van der Waals surface area contributed by atoms with Crippen molar-refractivity contribution in [3.05, 3.63) is 0 Å². The molecular formula is C13H25NO5. The van der Waals surface area contributed by atoms with Gasteiger partial charge in [-0.2, -0.15) is 0 Å². The molecule has 0 heterocycles. The van der Waals surface area contributed by atoms with Crippen LogP contribution in [-0.4, -0.2) is 63.8 Å². The molecule has 1 saturated carbocycles. The molecule has 0 bridgehead atoms. The van der Waals surface area contributed by atoms with Crippen LogP contribution in [0.15, 0.2) is 5.16 Å². The van der Waals surface area contributed by atoms with Crippen LogP contribution in [0.25, 0.3) is 0 Å². The smallest absolute Gasteiger partial charge is 0.0704 e. The van der Waals surface area contributed by atoms with Crippen molar-refractivity contribution in [1.29, 1.82) is 0 Å². The number of ether oxygens (including phenoxy) is 4. The lowest BCUT2D eigenvalue weighted by atomic mass is 9.96. The summed E-state index contributed by atoms with van der Waals surface area (Å²) >= 11 is 0. The molecule has 19 heavy (non-hydrogen) atoms. The number of nitrogens with zero attached hydrogens (tertiary/aromatic N) is 1. The zero-order chi connectivity index (χ0) is 13.8. The Hall–Kier alpha value is -0.690. The molecule has 0 spiro atoms. The molecule has 112 valence electrons. The molecular weight excluding hydrogens is 250 g/mol. The molecule has 1 rings (SSSR count). The van der Waals surface area contributed by atoms with Crippen LogP contribution in [-0.2, 0) is 18.9 Å². The van der Waals surface area contributed by atoms with E-state index in [1.165, 1.54) is 0 Å². The zero-order valence-electron chi connectivity index (χ0n) is 11.7. The molecule has 1 aliphatic rings. The number of rotatable bonds is 10. The van der Waals surface area contributed by atoms with Crippen LogP contribution >= 0.6 is 0 Å². The van der Waals surface area contributed by atoms with E-state index in [1.807, 2.05) is 0 Å². The Bertz CT molecular complexity index is 237. The Balaban J connectivity index is 1.83. The van der Waals surface area contributed by atoms with Crippen LogP contribution in [0.2, 0.25) is 0 Å². The maximum Gasteiger partial charge on any atom is 0.0704 e. The van der Waals surface area contributed by atoms with Gasteiger partial charge in [-0.15, -0.1) is 0 Å². The van der Waals surface area contributed by atoms with Gasteiger partial charge in [0.2, 0.25) is 0 Å². The molecule has 1 aliphatic carbocycles. The first-order valence-corrected chi connectivity index (χ1v) is 6.82. The summed E-state index contributed by atoms with van der Waals surface area (Å²) in [4.78, 5) is 0. The normalized spacial score (nSPS) is 19.6. The van der Waals surface area contributed by atoms with Crippen molar-refractivity contribution >= 4 is 5.71 Å². The van der Waals surface area contributed by atoms with Gasteiger partial charge < -0.3 is 24.2 Å². The first-order chi connectivity index (χ1) is 9.36. The van der Waals surface area contributed by atoms with Crippen LogP contribution in [0.5, 0.6) is 0 Å². The fraction of sp³-hybridized carbons (Fsp3) is 0.923. The van der Waals surface area contributed by atoms with Gasteiger partial charge in [0, 0.05) is 7.11 Å². The summed E-state index contributed by atoms with van der Waals surface area (Å²) in [5.74, 6) is 0. The molecule has 0 aliphatic heterocycles. The standard InChI is InChI=1S/C13H25NO5/c1-16-6-7-17-8-9-18-10-11-19-13-4-2-12(14-15)3-5-13/h13,15H,2-11H2,1H3. The van der Waals surface area contributed by atoms with Gasteiger partial charge in [0.05, 0.1) is 51.5 Å². The van der Waals surface area contributed by atoms with E-state index in [9.17, 15) is 0 Å². The summed E-state index contributed by atoms with van der Waals surface area (Å²) in [7, 11) is 1.65. The third-order valence-corrected chi connectivity index (χ3v) is 3.04. The number of hydrogen-bond acceptors (Lipinski definition) is 6. The van der Waals surface area contributed by atoms with Gasteiger partial charge in [-0.25, -0.2) is 0 Å². The Morgan fingerprint density at radius 2 is 1.58 bits per heavy atom. The highest BCUT2D eigenvalue weighted by Gasteiger charge is 2.17. The van der Waals surface area contributed by atoms with E-state index in [4.69, 9.17) is 24.2 Å². The van der Waals surface area contributed by atoms with Gasteiger partial charge >= 0.3 is 0 Å². The molecule has 0 atom stereocenters. The monoisotopic (exact) mass is 275 g/mol. The zero-order valence-corrected chi connectivity index (χ0v) is 11.7. The molecule has 0 saturated heterocycles. The largest absolute Gasteiger partial charge is 0.411 e. The Kier molecular flexibility index (Phi) is 9.61. The highest BCUT2D eigenvalue weighted by Crippen LogP contribution is 2.18. The lowest BCUT2D eigenvalue weighted by Crippen LogP contribution is -2.23. The third-order valence-electron chi connectivity index (χ3n) is 3.04. The molecule has 6 nitrogen and oxygen atoms in total. The van der Waals surface area contributed by atoms with E-state index in [2.05, 4.69) is 5.16 Å². The predicted octanol–water partition coefficient (Wildman–Crippen LogP) is 1.46. The lowest BCUT2D eigenvalue weighted by Gasteiger charge is -2.22. The Morgan fingerprint density at radius 3 is 2.16 bits per heavy atom. The predicted molar refractivity (Wildman–Crippen MR) is 70.9 cm³/mol. The molecule has 0 aromatic carbocycles. The summed E-state index contributed by atoms with van der Waals surface area (Å²) in [6, 6.07) is 0. The van der Waals surface area contributed by atoms with Crippen molar-refractivity contribution in [1.82, 2.24) is 0 Å². The lowest BCUT2D eigenvalue weighted by molar-refractivity contribution is -0.0208. The first-order valence-electron chi connectivity index (χ1n) is 6.82. The second-order valence-electron chi connectivity index (χ2n) is 4.45. The highest BCUT2D eigenvalue weighted by molar-refractivity contribution is 5.84. The van der Waals surface area contributed by atoms with Gasteiger partial charge in [0.15, 0.2) is 0 Å². The quantitative estimate of drug-likeness (QED) is 0.371. The van der Waals surface area contributed by atoms with Crippen molar-refractivity contribution in [2.24, 2.45) is 5.16 Å². The minimum Gasteiger partial charge on any atom is -0.411 e. The van der Waals surface area contributed by atoms with Crippen LogP contribution in [0.3, 0.4) is 0 Å². The van der Waals surface area contributed by atoms with Crippen molar-refractivity contribution in [2.75, 3.05) is 46.8 Å².